The van der Waals surface area contributed by atoms with Crippen LogP contribution < -0.4 is 10.1 Å². The minimum absolute atomic E-state index is 0.430. The van der Waals surface area contributed by atoms with E-state index in [4.69, 9.17) is 9.72 Å². The number of hydrogen-bond acceptors (Lipinski definition) is 3. The quantitative estimate of drug-likeness (QED) is 0.899. The van der Waals surface area contributed by atoms with Crippen molar-refractivity contribution in [3.8, 4) is 5.75 Å². The summed E-state index contributed by atoms with van der Waals surface area (Å²) in [7, 11) is 3.77. The molecule has 0 unspecified atom stereocenters. The van der Waals surface area contributed by atoms with Crippen LogP contribution in [0.5, 0.6) is 5.75 Å². The molecule has 0 amide bonds. The fourth-order valence-electron chi connectivity index (χ4n) is 3.72. The minimum atomic E-state index is 0.430. The Hall–Kier alpha value is -1.71. The molecule has 1 aromatic carbocycles. The summed E-state index contributed by atoms with van der Waals surface area (Å²) in [5, 5.41) is 3.66. The molecule has 1 fully saturated rings. The van der Waals surface area contributed by atoms with Gasteiger partial charge in [0.25, 0.3) is 0 Å². The topological polar surface area (TPSA) is 39.1 Å². The lowest BCUT2D eigenvalue weighted by Gasteiger charge is -2.37. The van der Waals surface area contributed by atoms with E-state index in [0.717, 1.165) is 28.6 Å². The van der Waals surface area contributed by atoms with Crippen LogP contribution in [0.2, 0.25) is 0 Å². The molecule has 4 nitrogen and oxygen atoms in total. The van der Waals surface area contributed by atoms with Gasteiger partial charge in [0.05, 0.1) is 18.1 Å². The Balaban J connectivity index is 1.71. The normalized spacial score (nSPS) is 22.3. The van der Waals surface area contributed by atoms with Crippen molar-refractivity contribution in [1.29, 1.82) is 0 Å². The first kappa shape index (κ1) is 16.2. The third-order valence-corrected chi connectivity index (χ3v) is 5.37. The highest BCUT2D eigenvalue weighted by molar-refractivity contribution is 5.80. The molecule has 1 heterocycles. The van der Waals surface area contributed by atoms with E-state index in [2.05, 4.69) is 43.8 Å². The molecular formula is C19H29N3O. The van der Waals surface area contributed by atoms with Gasteiger partial charge in [-0.15, -0.1) is 0 Å². The maximum atomic E-state index is 5.30. The van der Waals surface area contributed by atoms with E-state index >= 15 is 0 Å². The van der Waals surface area contributed by atoms with Crippen molar-refractivity contribution in [3.63, 3.8) is 0 Å². The highest BCUT2D eigenvalue weighted by Gasteiger charge is 2.30. The number of aromatic nitrogens is 2. The zero-order valence-corrected chi connectivity index (χ0v) is 15.0. The van der Waals surface area contributed by atoms with Gasteiger partial charge in [-0.05, 0) is 49.1 Å². The largest absolute Gasteiger partial charge is 0.497 e. The first-order valence-electron chi connectivity index (χ1n) is 8.65. The Bertz CT molecular complexity index is 676. The molecular weight excluding hydrogens is 286 g/mol. The van der Waals surface area contributed by atoms with E-state index in [0.29, 0.717) is 11.5 Å². The number of benzene rings is 1. The molecule has 1 aliphatic rings. The number of rotatable bonds is 3. The van der Waals surface area contributed by atoms with Gasteiger partial charge in [-0.25, -0.2) is 4.98 Å². The lowest BCUT2D eigenvalue weighted by molar-refractivity contribution is 0.173. The molecule has 0 spiro atoms. The lowest BCUT2D eigenvalue weighted by Crippen LogP contribution is -2.32. The van der Waals surface area contributed by atoms with Crippen molar-refractivity contribution in [2.45, 2.75) is 52.5 Å². The van der Waals surface area contributed by atoms with Gasteiger partial charge in [0.2, 0.25) is 5.95 Å². The lowest BCUT2D eigenvalue weighted by atomic mass is 9.71. The van der Waals surface area contributed by atoms with Crippen LogP contribution in [0.3, 0.4) is 0 Å². The summed E-state index contributed by atoms with van der Waals surface area (Å²) in [6.07, 6.45) is 5.07. The van der Waals surface area contributed by atoms with Gasteiger partial charge >= 0.3 is 0 Å². The van der Waals surface area contributed by atoms with E-state index in [1.807, 2.05) is 12.1 Å². The maximum Gasteiger partial charge on any atom is 0.203 e. The van der Waals surface area contributed by atoms with Crippen molar-refractivity contribution in [2.75, 3.05) is 12.4 Å². The predicted octanol–water partition coefficient (Wildman–Crippen LogP) is 4.60. The van der Waals surface area contributed by atoms with Crippen LogP contribution in [0.4, 0.5) is 5.95 Å². The molecule has 4 heteroatoms. The summed E-state index contributed by atoms with van der Waals surface area (Å²) >= 11 is 0. The second-order valence-corrected chi connectivity index (χ2v) is 7.91. The molecule has 1 aromatic heterocycles. The highest BCUT2D eigenvalue weighted by Crippen LogP contribution is 2.38. The van der Waals surface area contributed by atoms with Gasteiger partial charge in [-0.1, -0.05) is 20.8 Å². The Kier molecular flexibility index (Phi) is 4.26. The van der Waals surface area contributed by atoms with E-state index < -0.39 is 0 Å². The zero-order chi connectivity index (χ0) is 16.6. The number of fused-ring (bicyclic) bond motifs is 1. The van der Waals surface area contributed by atoms with Gasteiger partial charge in [0.15, 0.2) is 0 Å². The standard InChI is InChI=1S/C19H29N3O/c1-19(2,3)13-6-8-14(9-7-13)20-18-21-16-12-15(23-5)10-11-17(16)22(18)4/h10-14H,6-9H2,1-5H3,(H,20,21). The number of methoxy groups -OCH3 is 1. The maximum absolute atomic E-state index is 5.30. The van der Waals surface area contributed by atoms with Crippen LogP contribution in [0.25, 0.3) is 11.0 Å². The van der Waals surface area contributed by atoms with Crippen LogP contribution in [-0.2, 0) is 7.05 Å². The Morgan fingerprint density at radius 3 is 2.48 bits per heavy atom. The summed E-state index contributed by atoms with van der Waals surface area (Å²) in [5.41, 5.74) is 2.55. The molecule has 0 atom stereocenters. The van der Waals surface area contributed by atoms with Gasteiger partial charge in [0.1, 0.15) is 5.75 Å². The second-order valence-electron chi connectivity index (χ2n) is 7.91. The molecule has 3 rings (SSSR count). The Labute approximate surface area is 139 Å². The molecule has 1 aliphatic carbocycles. The van der Waals surface area contributed by atoms with E-state index in [1.54, 1.807) is 7.11 Å². The molecule has 0 radical (unpaired) electrons. The number of ether oxygens (including phenoxy) is 1. The minimum Gasteiger partial charge on any atom is -0.497 e. The van der Waals surface area contributed by atoms with E-state index in [9.17, 15) is 0 Å². The zero-order valence-electron chi connectivity index (χ0n) is 15.0. The van der Waals surface area contributed by atoms with Gasteiger partial charge in [-0.3, -0.25) is 0 Å². The number of nitrogens with one attached hydrogen (secondary N) is 1. The summed E-state index contributed by atoms with van der Waals surface area (Å²) in [6, 6.07) is 6.59. The van der Waals surface area contributed by atoms with E-state index in [1.165, 1.54) is 25.7 Å². The molecule has 0 saturated heterocycles. The molecule has 0 bridgehead atoms. The fourth-order valence-corrected chi connectivity index (χ4v) is 3.72. The molecule has 1 N–H and O–H groups in total. The first-order chi connectivity index (χ1) is 10.9. The third kappa shape index (κ3) is 3.31. The number of hydrogen-bond donors (Lipinski definition) is 1. The predicted molar refractivity (Wildman–Crippen MR) is 96.1 cm³/mol. The van der Waals surface area contributed by atoms with Gasteiger partial charge in [-0.2, -0.15) is 0 Å². The molecule has 0 aliphatic heterocycles. The summed E-state index contributed by atoms with van der Waals surface area (Å²) in [6.45, 7) is 7.10. The summed E-state index contributed by atoms with van der Waals surface area (Å²) < 4.78 is 7.44. The van der Waals surface area contributed by atoms with Crippen molar-refractivity contribution in [3.05, 3.63) is 18.2 Å². The molecule has 126 valence electrons. The highest BCUT2D eigenvalue weighted by atomic mass is 16.5. The average molecular weight is 315 g/mol. The van der Waals surface area contributed by atoms with Crippen molar-refractivity contribution in [2.24, 2.45) is 18.4 Å². The van der Waals surface area contributed by atoms with Crippen LogP contribution in [-0.4, -0.2) is 22.7 Å². The first-order valence-corrected chi connectivity index (χ1v) is 8.65. The molecule has 2 aromatic rings. The van der Waals surface area contributed by atoms with Gasteiger partial charge in [0, 0.05) is 19.2 Å². The smallest absolute Gasteiger partial charge is 0.203 e. The Morgan fingerprint density at radius 1 is 1.17 bits per heavy atom. The van der Waals surface area contributed by atoms with Crippen molar-refractivity contribution < 1.29 is 4.74 Å². The number of aryl methyl sites for hydroxylation is 1. The van der Waals surface area contributed by atoms with Crippen molar-refractivity contribution in [1.82, 2.24) is 9.55 Å². The average Bonchev–Trinajstić information content (AvgIpc) is 2.82. The number of anilines is 1. The summed E-state index contributed by atoms with van der Waals surface area (Å²) in [4.78, 5) is 4.75. The van der Waals surface area contributed by atoms with Gasteiger partial charge < -0.3 is 14.6 Å². The monoisotopic (exact) mass is 315 g/mol. The number of imidazole rings is 1. The molecule has 1 saturated carbocycles. The Morgan fingerprint density at radius 2 is 1.87 bits per heavy atom. The second kappa shape index (κ2) is 6.06. The SMILES string of the molecule is COc1ccc2c(c1)nc(NC1CCC(C(C)(C)C)CC1)n2C. The fraction of sp³-hybridized carbons (Fsp3) is 0.632. The van der Waals surface area contributed by atoms with Crippen molar-refractivity contribution >= 4 is 17.0 Å². The van der Waals surface area contributed by atoms with Crippen LogP contribution >= 0.6 is 0 Å². The van der Waals surface area contributed by atoms with Crippen LogP contribution in [0, 0.1) is 11.3 Å². The van der Waals surface area contributed by atoms with Crippen LogP contribution in [0.1, 0.15) is 46.5 Å². The van der Waals surface area contributed by atoms with E-state index in [-0.39, 0.29) is 0 Å². The number of nitrogens with zero attached hydrogens (tertiary/aromatic N) is 2. The van der Waals surface area contributed by atoms with Crippen LogP contribution in [0.15, 0.2) is 18.2 Å². The summed E-state index contributed by atoms with van der Waals surface area (Å²) in [5.74, 6) is 2.66. The molecule has 23 heavy (non-hydrogen) atoms. The third-order valence-electron chi connectivity index (χ3n) is 5.37.